The van der Waals surface area contributed by atoms with Crippen molar-refractivity contribution in [3.8, 4) is 0 Å². The number of aromatic nitrogens is 1. The molecule has 2 atom stereocenters. The van der Waals surface area contributed by atoms with Gasteiger partial charge in [-0.25, -0.2) is 13.8 Å². The summed E-state index contributed by atoms with van der Waals surface area (Å²) in [6, 6.07) is 1.34. The maximum Gasteiger partial charge on any atom is 0.168 e. The van der Waals surface area contributed by atoms with Gasteiger partial charge in [-0.3, -0.25) is 0 Å². The molecule has 3 nitrogen and oxygen atoms in total. The van der Waals surface area contributed by atoms with Crippen LogP contribution in [0.1, 0.15) is 39.0 Å². The van der Waals surface area contributed by atoms with E-state index in [2.05, 4.69) is 15.2 Å². The van der Waals surface area contributed by atoms with Crippen LogP contribution < -0.4 is 10.2 Å². The molecule has 1 aliphatic carbocycles. The quantitative estimate of drug-likeness (QED) is 0.918. The number of hydrogen-bond donors (Lipinski definition) is 1. The molecule has 0 spiro atoms. The third-order valence-electron chi connectivity index (χ3n) is 4.52. The number of piperidine rings is 1. The first-order chi connectivity index (χ1) is 9.70. The molecule has 2 fully saturated rings. The number of rotatable bonds is 3. The average molecular weight is 281 g/mol. The van der Waals surface area contributed by atoms with Crippen molar-refractivity contribution in [1.29, 1.82) is 0 Å². The number of pyridine rings is 1. The lowest BCUT2D eigenvalue weighted by Gasteiger charge is -2.38. The van der Waals surface area contributed by atoms with Gasteiger partial charge in [0.05, 0.1) is 0 Å². The zero-order valence-corrected chi connectivity index (χ0v) is 11.8. The number of fused-ring (bicyclic) bond motifs is 1. The number of nitrogens with zero attached hydrogens (tertiary/aromatic N) is 2. The van der Waals surface area contributed by atoms with Crippen molar-refractivity contribution in [1.82, 2.24) is 4.98 Å². The zero-order valence-electron chi connectivity index (χ0n) is 11.8. The largest absolute Gasteiger partial charge is 0.368 e. The molecule has 1 N–H and O–H groups in total. The molecule has 1 aromatic rings. The van der Waals surface area contributed by atoms with Crippen molar-refractivity contribution >= 4 is 11.6 Å². The molecular formula is C15H21F2N3. The van der Waals surface area contributed by atoms with Crippen LogP contribution in [0.5, 0.6) is 0 Å². The summed E-state index contributed by atoms with van der Waals surface area (Å²) >= 11 is 0. The van der Waals surface area contributed by atoms with Gasteiger partial charge in [0, 0.05) is 25.2 Å². The Bertz CT molecular complexity index is 492. The van der Waals surface area contributed by atoms with Gasteiger partial charge in [0.2, 0.25) is 0 Å². The summed E-state index contributed by atoms with van der Waals surface area (Å²) in [6.07, 6.45) is 5.82. The van der Waals surface area contributed by atoms with E-state index in [9.17, 15) is 8.78 Å². The molecule has 2 aliphatic rings. The number of hydrogen-bond acceptors (Lipinski definition) is 3. The molecule has 1 saturated heterocycles. The molecule has 20 heavy (non-hydrogen) atoms. The highest BCUT2D eigenvalue weighted by atomic mass is 19.1. The molecule has 2 unspecified atom stereocenters. The first kappa shape index (κ1) is 13.6. The first-order valence-corrected chi connectivity index (χ1v) is 7.57. The summed E-state index contributed by atoms with van der Waals surface area (Å²) in [4.78, 5) is 6.28. The van der Waals surface area contributed by atoms with Crippen molar-refractivity contribution in [3.63, 3.8) is 0 Å². The Hall–Kier alpha value is -1.39. The highest BCUT2D eigenvalue weighted by Crippen LogP contribution is 2.39. The van der Waals surface area contributed by atoms with Crippen LogP contribution in [-0.2, 0) is 0 Å². The lowest BCUT2D eigenvalue weighted by molar-refractivity contribution is 0.357. The topological polar surface area (TPSA) is 28.2 Å². The minimum Gasteiger partial charge on any atom is -0.368 e. The third kappa shape index (κ3) is 2.34. The van der Waals surface area contributed by atoms with E-state index >= 15 is 0 Å². The molecule has 0 amide bonds. The Labute approximate surface area is 118 Å². The Balaban J connectivity index is 1.93. The second-order valence-electron chi connectivity index (χ2n) is 5.75. The summed E-state index contributed by atoms with van der Waals surface area (Å²) in [7, 11) is 0. The summed E-state index contributed by atoms with van der Waals surface area (Å²) in [5.41, 5.74) is 0. The van der Waals surface area contributed by atoms with Gasteiger partial charge in [-0.1, -0.05) is 6.42 Å². The van der Waals surface area contributed by atoms with Crippen LogP contribution in [0.25, 0.3) is 0 Å². The van der Waals surface area contributed by atoms with Crippen LogP contribution >= 0.6 is 0 Å². The molecular weight excluding hydrogens is 260 g/mol. The predicted octanol–water partition coefficient (Wildman–Crippen LogP) is 3.56. The molecule has 3 rings (SSSR count). The van der Waals surface area contributed by atoms with E-state index in [-0.39, 0.29) is 5.82 Å². The highest BCUT2D eigenvalue weighted by molar-refractivity contribution is 5.50. The lowest BCUT2D eigenvalue weighted by atomic mass is 9.92. The lowest BCUT2D eigenvalue weighted by Crippen LogP contribution is -2.43. The maximum absolute atomic E-state index is 14.1. The van der Waals surface area contributed by atoms with Crippen LogP contribution in [0, 0.1) is 17.6 Å². The Kier molecular flexibility index (Phi) is 3.76. The molecule has 0 aromatic carbocycles. The highest BCUT2D eigenvalue weighted by Gasteiger charge is 2.36. The van der Waals surface area contributed by atoms with Gasteiger partial charge < -0.3 is 10.2 Å². The molecule has 0 bridgehead atoms. The molecule has 1 aromatic heterocycles. The van der Waals surface area contributed by atoms with E-state index in [1.165, 1.54) is 19.3 Å². The van der Waals surface area contributed by atoms with Crippen molar-refractivity contribution < 1.29 is 8.78 Å². The monoisotopic (exact) mass is 281 g/mol. The normalized spacial score (nSPS) is 25.6. The van der Waals surface area contributed by atoms with E-state index in [0.29, 0.717) is 24.3 Å². The fourth-order valence-electron chi connectivity index (χ4n) is 3.67. The fraction of sp³-hybridized carbons (Fsp3) is 0.667. The molecule has 1 saturated carbocycles. The molecule has 2 heterocycles. The van der Waals surface area contributed by atoms with Crippen LogP contribution in [0.15, 0.2) is 6.07 Å². The zero-order chi connectivity index (χ0) is 14.1. The van der Waals surface area contributed by atoms with Gasteiger partial charge in [-0.2, -0.15) is 0 Å². The molecule has 5 heteroatoms. The first-order valence-electron chi connectivity index (χ1n) is 7.57. The van der Waals surface area contributed by atoms with Crippen LogP contribution in [0.3, 0.4) is 0 Å². The molecule has 0 radical (unpaired) electrons. The number of halogens is 2. The van der Waals surface area contributed by atoms with Crippen molar-refractivity contribution in [2.75, 3.05) is 23.3 Å². The molecule has 1 aliphatic heterocycles. The third-order valence-corrected chi connectivity index (χ3v) is 4.52. The second-order valence-corrected chi connectivity index (χ2v) is 5.75. The van der Waals surface area contributed by atoms with Crippen LogP contribution in [0.4, 0.5) is 20.4 Å². The van der Waals surface area contributed by atoms with Gasteiger partial charge in [0.25, 0.3) is 0 Å². The van der Waals surface area contributed by atoms with Crippen LogP contribution in [0.2, 0.25) is 0 Å². The van der Waals surface area contributed by atoms with Gasteiger partial charge in [-0.15, -0.1) is 0 Å². The smallest absolute Gasteiger partial charge is 0.168 e. The Morgan fingerprint density at radius 2 is 2.05 bits per heavy atom. The van der Waals surface area contributed by atoms with Crippen molar-refractivity contribution in [2.24, 2.45) is 5.92 Å². The molecule has 110 valence electrons. The van der Waals surface area contributed by atoms with Crippen molar-refractivity contribution in [2.45, 2.75) is 45.1 Å². The summed E-state index contributed by atoms with van der Waals surface area (Å²) in [5, 5.41) is 2.86. The van der Waals surface area contributed by atoms with Gasteiger partial charge in [0.15, 0.2) is 23.3 Å². The minimum absolute atomic E-state index is 0.157. The van der Waals surface area contributed by atoms with E-state index in [4.69, 9.17) is 0 Å². The Morgan fingerprint density at radius 1 is 1.25 bits per heavy atom. The maximum atomic E-state index is 14.1. The minimum atomic E-state index is -0.618. The summed E-state index contributed by atoms with van der Waals surface area (Å²) in [6.45, 7) is 3.27. The van der Waals surface area contributed by atoms with Crippen molar-refractivity contribution in [3.05, 3.63) is 17.7 Å². The average Bonchev–Trinajstić information content (AvgIpc) is 2.90. The van der Waals surface area contributed by atoms with Gasteiger partial charge in [-0.05, 0) is 38.5 Å². The van der Waals surface area contributed by atoms with Crippen LogP contribution in [-0.4, -0.2) is 24.1 Å². The van der Waals surface area contributed by atoms with Gasteiger partial charge >= 0.3 is 0 Å². The number of nitrogens with one attached hydrogen (secondary N) is 1. The summed E-state index contributed by atoms with van der Waals surface area (Å²) < 4.78 is 27.8. The Morgan fingerprint density at radius 3 is 2.85 bits per heavy atom. The van der Waals surface area contributed by atoms with E-state index < -0.39 is 11.6 Å². The number of anilines is 2. The second kappa shape index (κ2) is 5.54. The van der Waals surface area contributed by atoms with E-state index in [1.54, 1.807) is 0 Å². The van der Waals surface area contributed by atoms with Gasteiger partial charge in [0.1, 0.15) is 0 Å². The van der Waals surface area contributed by atoms with E-state index in [0.717, 1.165) is 25.5 Å². The summed E-state index contributed by atoms with van der Waals surface area (Å²) in [5.74, 6) is -0.0367. The standard InChI is InChI=1S/C15H21F2N3/c1-2-18-14-11(16)9-12(17)15(19-14)20-8-4-6-10-5-3-7-13(10)20/h9-10,13H,2-8H2,1H3,(H,18,19). The SMILES string of the molecule is CCNc1nc(N2CCCC3CCCC32)c(F)cc1F. The van der Waals surface area contributed by atoms with E-state index in [1.807, 2.05) is 6.92 Å². The predicted molar refractivity (Wildman–Crippen MR) is 76.0 cm³/mol. The fourth-order valence-corrected chi connectivity index (χ4v) is 3.67.